The summed E-state index contributed by atoms with van der Waals surface area (Å²) in [5.74, 6) is 0.627. The van der Waals surface area contributed by atoms with Crippen LogP contribution in [0.1, 0.15) is 15.9 Å². The average Bonchev–Trinajstić information content (AvgIpc) is 3.20. The second-order valence-electron chi connectivity index (χ2n) is 7.76. The molecule has 0 aliphatic carbocycles. The van der Waals surface area contributed by atoms with Gasteiger partial charge in [0.15, 0.2) is 5.76 Å². The number of para-hydroxylation sites is 2. The number of carbonyl (C=O) groups excluding carboxylic acids is 2. The largest absolute Gasteiger partial charge is 0.452 e. The number of rotatable bonds is 5. The van der Waals surface area contributed by atoms with Crippen LogP contribution in [0.15, 0.2) is 127 Å². The van der Waals surface area contributed by atoms with Gasteiger partial charge in [0, 0.05) is 6.07 Å². The Morgan fingerprint density at radius 1 is 0.771 bits per heavy atom. The van der Waals surface area contributed by atoms with Gasteiger partial charge in [0.2, 0.25) is 5.78 Å². The van der Waals surface area contributed by atoms with Crippen LogP contribution in [-0.4, -0.2) is 11.9 Å². The molecule has 0 aromatic heterocycles. The van der Waals surface area contributed by atoms with Gasteiger partial charge in [0.1, 0.15) is 11.5 Å². The van der Waals surface area contributed by atoms with Gasteiger partial charge in [0.05, 0.1) is 16.9 Å². The lowest BCUT2D eigenvalue weighted by atomic mass is 10.1. The molecule has 1 heterocycles. The predicted octanol–water partition coefficient (Wildman–Crippen LogP) is 7.20. The Bertz CT molecular complexity index is 1370. The fourth-order valence-electron chi connectivity index (χ4n) is 3.72. The highest BCUT2D eigenvalue weighted by Gasteiger charge is 2.28. The molecule has 0 atom stereocenters. The summed E-state index contributed by atoms with van der Waals surface area (Å²) in [7, 11) is 0. The van der Waals surface area contributed by atoms with Crippen molar-refractivity contribution in [2.24, 2.45) is 0 Å². The number of Topliss-reactive ketones (excluding diaryl/α,β-unsaturated/α-hetero) is 1. The van der Waals surface area contributed by atoms with Gasteiger partial charge in [-0.15, -0.1) is 0 Å². The number of amides is 1. The number of fused-ring (bicyclic) bond motifs is 1. The minimum atomic E-state index is -0.576. The molecular formula is C30H21NO4. The van der Waals surface area contributed by atoms with Crippen molar-refractivity contribution in [2.75, 3.05) is 4.90 Å². The van der Waals surface area contributed by atoms with E-state index in [-0.39, 0.29) is 17.3 Å². The van der Waals surface area contributed by atoms with Crippen LogP contribution < -0.4 is 14.4 Å². The molecule has 0 bridgehead atoms. The standard InChI is InChI=1S/C30H21NO4/c32-29-26-20-19-25(21-28(26)35-27(29)18-10-13-22-11-4-1-5-12-22)34-30(33)31(23-14-6-2-7-15-23)24-16-8-3-9-17-24/h1-21H/b13-10+,27-18-. The van der Waals surface area contributed by atoms with Crippen molar-refractivity contribution in [1.82, 2.24) is 0 Å². The van der Waals surface area contributed by atoms with Crippen molar-refractivity contribution in [3.63, 3.8) is 0 Å². The third kappa shape index (κ3) is 4.89. The van der Waals surface area contributed by atoms with Crippen LogP contribution in [0.5, 0.6) is 11.5 Å². The van der Waals surface area contributed by atoms with Crippen molar-refractivity contribution in [3.8, 4) is 11.5 Å². The fraction of sp³-hybridized carbons (Fsp3) is 0. The quantitative estimate of drug-likeness (QED) is 0.296. The van der Waals surface area contributed by atoms with Gasteiger partial charge in [-0.3, -0.25) is 4.79 Å². The molecule has 4 aromatic rings. The van der Waals surface area contributed by atoms with Crippen molar-refractivity contribution >= 4 is 29.3 Å². The third-order valence-electron chi connectivity index (χ3n) is 5.39. The summed E-state index contributed by atoms with van der Waals surface area (Å²) < 4.78 is 11.4. The Morgan fingerprint density at radius 2 is 1.37 bits per heavy atom. The third-order valence-corrected chi connectivity index (χ3v) is 5.39. The maximum Gasteiger partial charge on any atom is 0.424 e. The Hall–Kier alpha value is -4.90. The number of carbonyl (C=O) groups is 2. The Morgan fingerprint density at radius 3 is 2.00 bits per heavy atom. The van der Waals surface area contributed by atoms with E-state index in [0.29, 0.717) is 22.7 Å². The molecule has 0 N–H and O–H groups in total. The normalized spacial score (nSPS) is 13.5. The average molecular weight is 460 g/mol. The van der Waals surface area contributed by atoms with Gasteiger partial charge < -0.3 is 9.47 Å². The van der Waals surface area contributed by atoms with Gasteiger partial charge in [-0.05, 0) is 48.0 Å². The molecule has 5 heteroatoms. The summed E-state index contributed by atoms with van der Waals surface area (Å²) in [6.07, 6.45) is 4.72. The molecule has 4 aromatic carbocycles. The SMILES string of the molecule is O=C1/C(=C/C=C/c2ccccc2)Oc2cc(OC(=O)N(c3ccccc3)c3ccccc3)ccc21. The van der Waals surface area contributed by atoms with E-state index in [0.717, 1.165) is 5.56 Å². The molecule has 0 radical (unpaired) electrons. The molecule has 5 rings (SSSR count). The first-order valence-corrected chi connectivity index (χ1v) is 11.1. The monoisotopic (exact) mass is 459 g/mol. The van der Waals surface area contributed by atoms with E-state index in [9.17, 15) is 9.59 Å². The lowest BCUT2D eigenvalue weighted by Crippen LogP contribution is -2.29. The zero-order chi connectivity index (χ0) is 24.0. The number of benzene rings is 4. The van der Waals surface area contributed by atoms with Gasteiger partial charge >= 0.3 is 6.09 Å². The summed E-state index contributed by atoms with van der Waals surface area (Å²) >= 11 is 0. The van der Waals surface area contributed by atoms with E-state index in [2.05, 4.69) is 0 Å². The highest BCUT2D eigenvalue weighted by Crippen LogP contribution is 2.35. The minimum absolute atomic E-state index is 0.214. The number of anilines is 2. The van der Waals surface area contributed by atoms with Crippen molar-refractivity contribution in [1.29, 1.82) is 0 Å². The van der Waals surface area contributed by atoms with E-state index in [1.165, 1.54) is 4.90 Å². The van der Waals surface area contributed by atoms with E-state index in [4.69, 9.17) is 9.47 Å². The van der Waals surface area contributed by atoms with E-state index >= 15 is 0 Å². The maximum atomic E-state index is 13.2. The number of allylic oxidation sites excluding steroid dienone is 3. The van der Waals surface area contributed by atoms with Crippen molar-refractivity contribution in [2.45, 2.75) is 0 Å². The molecule has 1 aliphatic heterocycles. The van der Waals surface area contributed by atoms with Crippen LogP contribution in [0.25, 0.3) is 6.08 Å². The first-order valence-electron chi connectivity index (χ1n) is 11.1. The van der Waals surface area contributed by atoms with Crippen LogP contribution in [0.4, 0.5) is 16.2 Å². The van der Waals surface area contributed by atoms with E-state index in [1.807, 2.05) is 97.1 Å². The number of ketones is 1. The molecule has 1 amide bonds. The van der Waals surface area contributed by atoms with Gasteiger partial charge in [-0.2, -0.15) is 0 Å². The molecule has 35 heavy (non-hydrogen) atoms. The lowest BCUT2D eigenvalue weighted by molar-refractivity contribution is 0.101. The summed E-state index contributed by atoms with van der Waals surface area (Å²) in [6, 6.07) is 33.0. The van der Waals surface area contributed by atoms with Crippen LogP contribution >= 0.6 is 0 Å². The second-order valence-corrected chi connectivity index (χ2v) is 7.76. The predicted molar refractivity (Wildman–Crippen MR) is 136 cm³/mol. The number of hydrogen-bond acceptors (Lipinski definition) is 4. The summed E-state index contributed by atoms with van der Waals surface area (Å²) in [5, 5.41) is 0. The molecule has 0 saturated heterocycles. The molecular weight excluding hydrogens is 438 g/mol. The summed E-state index contributed by atoms with van der Waals surface area (Å²) in [5.41, 5.74) is 2.79. The topological polar surface area (TPSA) is 55.8 Å². The first-order chi connectivity index (χ1) is 17.2. The zero-order valence-corrected chi connectivity index (χ0v) is 18.7. The van der Waals surface area contributed by atoms with Crippen LogP contribution in [0, 0.1) is 0 Å². The van der Waals surface area contributed by atoms with E-state index in [1.54, 1.807) is 30.4 Å². The highest BCUT2D eigenvalue weighted by atomic mass is 16.6. The molecule has 0 saturated carbocycles. The van der Waals surface area contributed by atoms with Crippen molar-refractivity contribution in [3.05, 3.63) is 138 Å². The maximum absolute atomic E-state index is 13.2. The van der Waals surface area contributed by atoms with Crippen LogP contribution in [0.2, 0.25) is 0 Å². The highest BCUT2D eigenvalue weighted by molar-refractivity contribution is 6.12. The number of nitrogens with zero attached hydrogens (tertiary/aromatic N) is 1. The van der Waals surface area contributed by atoms with Gasteiger partial charge in [-0.1, -0.05) is 78.9 Å². The smallest absolute Gasteiger partial charge is 0.424 e. The van der Waals surface area contributed by atoms with Gasteiger partial charge in [0.25, 0.3) is 0 Å². The van der Waals surface area contributed by atoms with Crippen LogP contribution in [-0.2, 0) is 0 Å². The fourth-order valence-corrected chi connectivity index (χ4v) is 3.72. The summed E-state index contributed by atoms with van der Waals surface area (Å²) in [6.45, 7) is 0. The zero-order valence-electron chi connectivity index (χ0n) is 18.7. The Labute approximate surface area is 203 Å². The minimum Gasteiger partial charge on any atom is -0.452 e. The van der Waals surface area contributed by atoms with Crippen molar-refractivity contribution < 1.29 is 19.1 Å². The molecule has 1 aliphatic rings. The lowest BCUT2D eigenvalue weighted by Gasteiger charge is -2.22. The molecule has 0 fully saturated rings. The number of hydrogen-bond donors (Lipinski definition) is 0. The molecule has 0 unspecified atom stereocenters. The van der Waals surface area contributed by atoms with E-state index < -0.39 is 6.09 Å². The van der Waals surface area contributed by atoms with Crippen LogP contribution in [0.3, 0.4) is 0 Å². The first kappa shape index (κ1) is 21.9. The second kappa shape index (κ2) is 9.93. The Balaban J connectivity index is 1.35. The summed E-state index contributed by atoms with van der Waals surface area (Å²) in [4.78, 5) is 27.4. The molecule has 5 nitrogen and oxygen atoms in total. The molecule has 0 spiro atoms. The molecule has 170 valence electrons. The Kier molecular flexibility index (Phi) is 6.22. The van der Waals surface area contributed by atoms with Gasteiger partial charge in [-0.25, -0.2) is 9.69 Å². The number of ether oxygens (including phenoxy) is 2.